The highest BCUT2D eigenvalue weighted by Crippen LogP contribution is 2.52. The fourth-order valence-electron chi connectivity index (χ4n) is 3.95. The normalized spacial score (nSPS) is 30.7. The maximum absolute atomic E-state index is 2.53. The molecule has 0 bridgehead atoms. The van der Waals surface area contributed by atoms with Gasteiger partial charge in [0.25, 0.3) is 0 Å². The third-order valence-electron chi connectivity index (χ3n) is 4.84. The van der Waals surface area contributed by atoms with Crippen LogP contribution in [-0.4, -0.2) is 0 Å². The van der Waals surface area contributed by atoms with Gasteiger partial charge < -0.3 is 0 Å². The van der Waals surface area contributed by atoms with E-state index >= 15 is 0 Å². The van der Waals surface area contributed by atoms with E-state index in [0.29, 0.717) is 5.41 Å². The topological polar surface area (TPSA) is 0 Å². The average molecular weight is 206 g/mol. The summed E-state index contributed by atoms with van der Waals surface area (Å²) in [4.78, 5) is 0. The Morgan fingerprint density at radius 3 is 2.47 bits per heavy atom. The van der Waals surface area contributed by atoms with Crippen LogP contribution in [0.3, 0.4) is 0 Å². The van der Waals surface area contributed by atoms with Gasteiger partial charge in [0.2, 0.25) is 0 Å². The van der Waals surface area contributed by atoms with Crippen LogP contribution in [0, 0.1) is 17.3 Å². The summed E-state index contributed by atoms with van der Waals surface area (Å²) in [5.74, 6) is 1.83. The van der Waals surface area contributed by atoms with Crippen LogP contribution in [0.4, 0.5) is 0 Å². The van der Waals surface area contributed by atoms with Gasteiger partial charge >= 0.3 is 0 Å². The molecule has 0 radical (unpaired) electrons. The molecular formula is C15H26. The largest absolute Gasteiger partial charge is 0.0850 e. The lowest BCUT2D eigenvalue weighted by atomic mass is 9.57. The summed E-state index contributed by atoms with van der Waals surface area (Å²) in [7, 11) is 0. The van der Waals surface area contributed by atoms with E-state index in [4.69, 9.17) is 0 Å². The van der Waals surface area contributed by atoms with Crippen molar-refractivity contribution in [3.63, 3.8) is 0 Å². The minimum atomic E-state index is 0.700. The fourth-order valence-corrected chi connectivity index (χ4v) is 3.95. The fraction of sp³-hybridized carbons (Fsp3) is 0.867. The van der Waals surface area contributed by atoms with Crippen molar-refractivity contribution in [2.45, 2.75) is 65.7 Å². The molecule has 1 saturated carbocycles. The van der Waals surface area contributed by atoms with Crippen molar-refractivity contribution >= 4 is 0 Å². The minimum Gasteiger partial charge on any atom is -0.0850 e. The van der Waals surface area contributed by atoms with Gasteiger partial charge in [-0.3, -0.25) is 0 Å². The van der Waals surface area contributed by atoms with Crippen molar-refractivity contribution in [3.8, 4) is 0 Å². The average Bonchev–Trinajstić information content (AvgIpc) is 2.23. The van der Waals surface area contributed by atoms with E-state index in [2.05, 4.69) is 26.8 Å². The molecule has 0 aromatic rings. The third-order valence-corrected chi connectivity index (χ3v) is 4.84. The van der Waals surface area contributed by atoms with Crippen molar-refractivity contribution in [2.75, 3.05) is 0 Å². The van der Waals surface area contributed by atoms with Crippen LogP contribution >= 0.6 is 0 Å². The summed E-state index contributed by atoms with van der Waals surface area (Å²) < 4.78 is 0. The van der Waals surface area contributed by atoms with Crippen LogP contribution in [-0.2, 0) is 0 Å². The zero-order chi connectivity index (χ0) is 10.9. The van der Waals surface area contributed by atoms with E-state index in [1.807, 2.05) is 0 Å². The van der Waals surface area contributed by atoms with Gasteiger partial charge in [0.1, 0.15) is 0 Å². The lowest BCUT2D eigenvalue weighted by Gasteiger charge is -2.48. The van der Waals surface area contributed by atoms with Crippen molar-refractivity contribution in [1.29, 1.82) is 0 Å². The molecule has 15 heavy (non-hydrogen) atoms. The molecule has 2 aliphatic carbocycles. The predicted molar refractivity (Wildman–Crippen MR) is 66.8 cm³/mol. The molecule has 0 heterocycles. The van der Waals surface area contributed by atoms with Gasteiger partial charge in [-0.2, -0.15) is 0 Å². The van der Waals surface area contributed by atoms with Crippen LogP contribution in [0.5, 0.6) is 0 Å². The van der Waals surface area contributed by atoms with E-state index in [0.717, 1.165) is 11.8 Å². The molecule has 0 nitrogen and oxygen atoms in total. The van der Waals surface area contributed by atoms with Crippen molar-refractivity contribution in [1.82, 2.24) is 0 Å². The molecule has 2 aliphatic rings. The Hall–Kier alpha value is -0.260. The molecule has 0 saturated heterocycles. The Labute approximate surface area is 95.1 Å². The summed E-state index contributed by atoms with van der Waals surface area (Å²) in [6.45, 7) is 7.18. The summed E-state index contributed by atoms with van der Waals surface area (Å²) in [6.07, 6.45) is 12.7. The summed E-state index contributed by atoms with van der Waals surface area (Å²) in [5, 5.41) is 0. The second kappa shape index (κ2) is 4.31. The summed E-state index contributed by atoms with van der Waals surface area (Å²) >= 11 is 0. The molecule has 0 aromatic carbocycles. The quantitative estimate of drug-likeness (QED) is 0.532. The van der Waals surface area contributed by atoms with E-state index in [1.165, 1.54) is 44.9 Å². The minimum absolute atomic E-state index is 0.700. The van der Waals surface area contributed by atoms with E-state index in [9.17, 15) is 0 Å². The van der Waals surface area contributed by atoms with E-state index in [1.54, 1.807) is 5.57 Å². The van der Waals surface area contributed by atoms with E-state index in [-0.39, 0.29) is 0 Å². The molecule has 0 heteroatoms. The van der Waals surface area contributed by atoms with Gasteiger partial charge in [-0.05, 0) is 49.9 Å². The van der Waals surface area contributed by atoms with Crippen molar-refractivity contribution in [3.05, 3.63) is 11.6 Å². The Kier molecular flexibility index (Phi) is 3.23. The van der Waals surface area contributed by atoms with Crippen LogP contribution in [0.1, 0.15) is 65.7 Å². The Bertz CT molecular complexity index is 241. The van der Waals surface area contributed by atoms with Crippen LogP contribution in [0.2, 0.25) is 0 Å². The first-order valence-electron chi connectivity index (χ1n) is 6.80. The highest BCUT2D eigenvalue weighted by Gasteiger charge is 2.41. The molecule has 0 N–H and O–H groups in total. The van der Waals surface area contributed by atoms with Gasteiger partial charge in [0, 0.05) is 0 Å². The van der Waals surface area contributed by atoms with E-state index < -0.39 is 0 Å². The van der Waals surface area contributed by atoms with Gasteiger partial charge in [0.15, 0.2) is 0 Å². The number of allylic oxidation sites excluding steroid dienone is 2. The first-order chi connectivity index (χ1) is 7.14. The SMILES string of the molecule is CC1=CCC2(CCCCC2)C(C(C)C)C1. The van der Waals surface area contributed by atoms with Crippen molar-refractivity contribution in [2.24, 2.45) is 17.3 Å². The Balaban J connectivity index is 2.20. The molecule has 1 unspecified atom stereocenters. The summed E-state index contributed by atoms with van der Waals surface area (Å²) in [6, 6.07) is 0. The first kappa shape index (κ1) is 11.2. The second-order valence-electron chi connectivity index (χ2n) is 6.23. The Morgan fingerprint density at radius 1 is 1.20 bits per heavy atom. The number of hydrogen-bond donors (Lipinski definition) is 0. The van der Waals surface area contributed by atoms with Crippen molar-refractivity contribution < 1.29 is 0 Å². The molecule has 0 aliphatic heterocycles. The maximum Gasteiger partial charge on any atom is -0.0229 e. The second-order valence-corrected chi connectivity index (χ2v) is 6.23. The van der Waals surface area contributed by atoms with Crippen LogP contribution in [0.15, 0.2) is 11.6 Å². The standard InChI is InChI=1S/C15H26/c1-12(2)14-11-13(3)7-10-15(14)8-5-4-6-9-15/h7,12,14H,4-6,8-11H2,1-3H3. The molecule has 1 atom stereocenters. The first-order valence-corrected chi connectivity index (χ1v) is 6.80. The molecule has 2 rings (SSSR count). The zero-order valence-electron chi connectivity index (χ0n) is 10.7. The molecule has 0 amide bonds. The lowest BCUT2D eigenvalue weighted by molar-refractivity contribution is 0.0575. The highest BCUT2D eigenvalue weighted by molar-refractivity contribution is 5.11. The maximum atomic E-state index is 2.53. The lowest BCUT2D eigenvalue weighted by Crippen LogP contribution is -2.37. The van der Waals surface area contributed by atoms with Gasteiger partial charge in [-0.25, -0.2) is 0 Å². The molecule has 0 aromatic heterocycles. The predicted octanol–water partition coefficient (Wildman–Crippen LogP) is 4.95. The van der Waals surface area contributed by atoms with Gasteiger partial charge in [0.05, 0.1) is 0 Å². The number of hydrogen-bond acceptors (Lipinski definition) is 0. The monoisotopic (exact) mass is 206 g/mol. The molecule has 1 fully saturated rings. The van der Waals surface area contributed by atoms with Crippen LogP contribution in [0.25, 0.3) is 0 Å². The van der Waals surface area contributed by atoms with Gasteiger partial charge in [-0.1, -0.05) is 44.8 Å². The number of rotatable bonds is 1. The molecule has 1 spiro atoms. The highest BCUT2D eigenvalue weighted by atomic mass is 14.5. The van der Waals surface area contributed by atoms with Crippen LogP contribution < -0.4 is 0 Å². The summed E-state index contributed by atoms with van der Waals surface area (Å²) in [5.41, 5.74) is 2.34. The zero-order valence-corrected chi connectivity index (χ0v) is 10.7. The van der Waals surface area contributed by atoms with Gasteiger partial charge in [-0.15, -0.1) is 0 Å². The Morgan fingerprint density at radius 2 is 1.87 bits per heavy atom. The smallest absolute Gasteiger partial charge is 0.0229 e. The molecule has 86 valence electrons. The molecular weight excluding hydrogens is 180 g/mol. The third kappa shape index (κ3) is 2.14.